The van der Waals surface area contributed by atoms with Crippen LogP contribution in [0.15, 0.2) is 12.2 Å². The molecule has 0 aliphatic heterocycles. The van der Waals surface area contributed by atoms with Gasteiger partial charge >= 0.3 is 5.97 Å². The summed E-state index contributed by atoms with van der Waals surface area (Å²) in [6.07, 6.45) is 2.75. The molecule has 0 N–H and O–H groups in total. The molecule has 0 saturated carbocycles. The van der Waals surface area contributed by atoms with Gasteiger partial charge in [0, 0.05) is 5.57 Å². The predicted molar refractivity (Wildman–Crippen MR) is 71.1 cm³/mol. The van der Waals surface area contributed by atoms with E-state index in [-0.39, 0.29) is 18.7 Å². The van der Waals surface area contributed by atoms with E-state index in [2.05, 4.69) is 27.4 Å². The fourth-order valence-electron chi connectivity index (χ4n) is 0.590. The van der Waals surface area contributed by atoms with Gasteiger partial charge in [-0.2, -0.15) is 0 Å². The Balaban J connectivity index is 0. The summed E-state index contributed by atoms with van der Waals surface area (Å²) in [5.41, 5.74) is 0.404. The third kappa shape index (κ3) is 15.2. The van der Waals surface area contributed by atoms with E-state index in [9.17, 15) is 4.79 Å². The van der Waals surface area contributed by atoms with Crippen molar-refractivity contribution in [3.63, 3.8) is 0 Å². The lowest BCUT2D eigenvalue weighted by molar-refractivity contribution is -0.140. The second kappa shape index (κ2) is 13.2. The molecule has 1 unspecified atom stereocenters. The molecule has 0 aliphatic carbocycles. The average molecular weight is 241 g/mol. The van der Waals surface area contributed by atoms with Crippen LogP contribution in [0.4, 0.5) is 0 Å². The van der Waals surface area contributed by atoms with Crippen molar-refractivity contribution in [2.24, 2.45) is 0 Å². The molecule has 3 heteroatoms. The summed E-state index contributed by atoms with van der Waals surface area (Å²) in [7, 11) is 0. The van der Waals surface area contributed by atoms with E-state index in [1.165, 1.54) is 0 Å². The van der Waals surface area contributed by atoms with Crippen molar-refractivity contribution in [1.82, 2.24) is 0 Å². The van der Waals surface area contributed by atoms with Crippen LogP contribution in [0.5, 0.6) is 0 Å². The van der Waals surface area contributed by atoms with Crippen LogP contribution < -0.4 is 0 Å². The van der Waals surface area contributed by atoms with Crippen molar-refractivity contribution in [1.29, 1.82) is 0 Å². The van der Waals surface area contributed by atoms with Gasteiger partial charge in [0.05, 0.1) is 12.7 Å². The van der Waals surface area contributed by atoms with E-state index in [1.54, 1.807) is 6.92 Å². The smallest absolute Gasteiger partial charge is 0.333 e. The van der Waals surface area contributed by atoms with E-state index in [1.807, 2.05) is 6.92 Å². The molecular formula is C14H25O3. The Bertz CT molecular complexity index is 198. The maximum Gasteiger partial charge on any atom is 0.333 e. The highest BCUT2D eigenvalue weighted by Crippen LogP contribution is 1.96. The summed E-state index contributed by atoms with van der Waals surface area (Å²) in [6, 6.07) is 0. The SMILES string of the molecule is [CH2]C(CC)OCCOC(=O)C(=C)C.[CH2]CC[CH2]. The zero-order valence-electron chi connectivity index (χ0n) is 11.2. The Morgan fingerprint density at radius 2 is 1.76 bits per heavy atom. The summed E-state index contributed by atoms with van der Waals surface area (Å²) < 4.78 is 10.0. The highest BCUT2D eigenvalue weighted by molar-refractivity contribution is 5.86. The third-order valence-electron chi connectivity index (χ3n) is 1.72. The maximum absolute atomic E-state index is 10.9. The summed E-state index contributed by atoms with van der Waals surface area (Å²) >= 11 is 0. The van der Waals surface area contributed by atoms with Crippen molar-refractivity contribution in [2.45, 2.75) is 39.2 Å². The molecule has 0 aliphatic rings. The van der Waals surface area contributed by atoms with Crippen LogP contribution in [0.1, 0.15) is 33.1 Å². The molecule has 0 aromatic carbocycles. The first-order valence-electron chi connectivity index (χ1n) is 5.85. The lowest BCUT2D eigenvalue weighted by atomic mass is 10.3. The second-order valence-electron chi connectivity index (χ2n) is 3.52. The molecular weight excluding hydrogens is 216 g/mol. The largest absolute Gasteiger partial charge is 0.460 e. The Morgan fingerprint density at radius 3 is 2.12 bits per heavy atom. The fraction of sp³-hybridized carbons (Fsp3) is 0.571. The van der Waals surface area contributed by atoms with E-state index >= 15 is 0 Å². The average Bonchev–Trinajstić information content (AvgIpc) is 2.33. The minimum atomic E-state index is -0.374. The molecule has 3 nitrogen and oxygen atoms in total. The van der Waals surface area contributed by atoms with Gasteiger partial charge in [0.1, 0.15) is 6.61 Å². The molecule has 17 heavy (non-hydrogen) atoms. The molecule has 0 aromatic heterocycles. The Hall–Kier alpha value is -0.830. The van der Waals surface area contributed by atoms with Gasteiger partial charge in [0.2, 0.25) is 0 Å². The molecule has 0 aromatic rings. The molecule has 0 bridgehead atoms. The number of ether oxygens (including phenoxy) is 2. The third-order valence-corrected chi connectivity index (χ3v) is 1.72. The summed E-state index contributed by atoms with van der Waals surface area (Å²) in [6.45, 7) is 18.5. The monoisotopic (exact) mass is 241 g/mol. The number of carbonyl (C=O) groups is 1. The molecule has 1 atom stereocenters. The van der Waals surface area contributed by atoms with E-state index < -0.39 is 0 Å². The van der Waals surface area contributed by atoms with Gasteiger partial charge in [-0.05, 0) is 20.3 Å². The van der Waals surface area contributed by atoms with Gasteiger partial charge in [0.25, 0.3) is 0 Å². The van der Waals surface area contributed by atoms with E-state index in [0.29, 0.717) is 12.2 Å². The van der Waals surface area contributed by atoms with Gasteiger partial charge < -0.3 is 9.47 Å². The van der Waals surface area contributed by atoms with Crippen LogP contribution in [0.2, 0.25) is 0 Å². The lowest BCUT2D eigenvalue weighted by Crippen LogP contribution is -2.15. The summed E-state index contributed by atoms with van der Waals surface area (Å²) in [5.74, 6) is -0.374. The highest BCUT2D eigenvalue weighted by Gasteiger charge is 2.03. The van der Waals surface area contributed by atoms with Crippen molar-refractivity contribution in [3.05, 3.63) is 32.9 Å². The molecule has 0 amide bonds. The van der Waals surface area contributed by atoms with Crippen LogP contribution in [-0.4, -0.2) is 25.3 Å². The molecule has 3 radical (unpaired) electrons. The van der Waals surface area contributed by atoms with Crippen molar-refractivity contribution in [3.8, 4) is 0 Å². The van der Waals surface area contributed by atoms with Crippen LogP contribution in [0, 0.1) is 20.8 Å². The summed E-state index contributed by atoms with van der Waals surface area (Å²) in [5, 5.41) is 0. The molecule has 99 valence electrons. The first-order chi connectivity index (χ1) is 7.99. The van der Waals surface area contributed by atoms with Gasteiger partial charge in [-0.25, -0.2) is 4.79 Å². The predicted octanol–water partition coefficient (Wildman–Crippen LogP) is 3.17. The number of hydrogen-bond donors (Lipinski definition) is 0. The Labute approximate surface area is 106 Å². The number of esters is 1. The normalized spacial score (nSPS) is 11.1. The first-order valence-corrected chi connectivity index (χ1v) is 5.85. The summed E-state index contributed by atoms with van der Waals surface area (Å²) in [4.78, 5) is 10.9. The quantitative estimate of drug-likeness (QED) is 0.390. The van der Waals surface area contributed by atoms with Crippen LogP contribution in [-0.2, 0) is 14.3 Å². The van der Waals surface area contributed by atoms with Gasteiger partial charge in [-0.1, -0.05) is 40.2 Å². The Kier molecular flexibility index (Phi) is 14.4. The van der Waals surface area contributed by atoms with E-state index in [0.717, 1.165) is 19.3 Å². The highest BCUT2D eigenvalue weighted by atomic mass is 16.6. The van der Waals surface area contributed by atoms with Crippen LogP contribution in [0.25, 0.3) is 0 Å². The molecule has 0 spiro atoms. The van der Waals surface area contributed by atoms with Crippen LogP contribution in [0.3, 0.4) is 0 Å². The molecule has 0 saturated heterocycles. The Morgan fingerprint density at radius 1 is 1.24 bits per heavy atom. The van der Waals surface area contributed by atoms with Crippen molar-refractivity contribution >= 4 is 5.97 Å². The van der Waals surface area contributed by atoms with Crippen molar-refractivity contribution in [2.75, 3.05) is 13.2 Å². The molecule has 0 rings (SSSR count). The zero-order chi connectivity index (χ0) is 13.7. The molecule has 0 heterocycles. The standard InChI is InChI=1S/C10H17O3.C4H8/c1-5-9(4)12-6-7-13-10(11)8(2)3;1-3-4-2/h9H,2,4-7H2,1,3H3;1-4H2. The van der Waals surface area contributed by atoms with Crippen LogP contribution >= 0.6 is 0 Å². The number of rotatable bonds is 7. The zero-order valence-corrected chi connectivity index (χ0v) is 11.2. The minimum Gasteiger partial charge on any atom is -0.460 e. The van der Waals surface area contributed by atoms with Gasteiger partial charge in [-0.15, -0.1) is 0 Å². The minimum absolute atomic E-state index is 0.0245. The topological polar surface area (TPSA) is 35.5 Å². The first kappa shape index (κ1) is 18.5. The number of unbranched alkanes of at least 4 members (excludes halogenated alkanes) is 1. The van der Waals surface area contributed by atoms with Gasteiger partial charge in [0.15, 0.2) is 0 Å². The molecule has 0 fully saturated rings. The maximum atomic E-state index is 10.9. The van der Waals surface area contributed by atoms with Crippen molar-refractivity contribution < 1.29 is 14.3 Å². The second-order valence-corrected chi connectivity index (χ2v) is 3.52. The number of carbonyl (C=O) groups excluding carboxylic acids is 1. The van der Waals surface area contributed by atoms with Gasteiger partial charge in [-0.3, -0.25) is 0 Å². The van der Waals surface area contributed by atoms with E-state index in [4.69, 9.17) is 9.47 Å². The lowest BCUT2D eigenvalue weighted by Gasteiger charge is -2.10. The fourth-order valence-corrected chi connectivity index (χ4v) is 0.590. The number of hydrogen-bond acceptors (Lipinski definition) is 3.